The molecule has 2 N–H and O–H groups in total. The van der Waals surface area contributed by atoms with Crippen LogP contribution in [-0.4, -0.2) is 23.1 Å². The van der Waals surface area contributed by atoms with Crippen molar-refractivity contribution in [1.29, 1.82) is 0 Å². The van der Waals surface area contributed by atoms with Crippen LogP contribution in [0.25, 0.3) is 0 Å². The van der Waals surface area contributed by atoms with Gasteiger partial charge in [-0.3, -0.25) is 0 Å². The van der Waals surface area contributed by atoms with Crippen molar-refractivity contribution in [3.8, 4) is 0 Å². The third-order valence-corrected chi connectivity index (χ3v) is 3.61. The largest absolute Gasteiger partial charge is 0.433 e. The van der Waals surface area contributed by atoms with Crippen LogP contribution in [0.4, 0.5) is 24.9 Å². The Morgan fingerprint density at radius 2 is 1.95 bits per heavy atom. The number of anilines is 2. The summed E-state index contributed by atoms with van der Waals surface area (Å²) in [7, 11) is 0. The van der Waals surface area contributed by atoms with Gasteiger partial charge in [-0.15, -0.1) is 0 Å². The highest BCUT2D eigenvalue weighted by molar-refractivity contribution is 5.43. The standard InChI is InChI=1S/C13H19F3N4/c1-3-17-11-19-9(13(14,15)16)7-10(20-11)18-8-12(2)5-4-6-12/h7H,3-6,8H2,1-2H3,(H2,17,18,19,20). The molecule has 1 aromatic heterocycles. The molecular formula is C13H19F3N4. The average molecular weight is 288 g/mol. The first kappa shape index (κ1) is 14.9. The molecule has 0 atom stereocenters. The molecule has 0 aliphatic heterocycles. The van der Waals surface area contributed by atoms with Crippen molar-refractivity contribution in [3.63, 3.8) is 0 Å². The second kappa shape index (κ2) is 5.46. The fourth-order valence-electron chi connectivity index (χ4n) is 2.18. The highest BCUT2D eigenvalue weighted by atomic mass is 19.4. The Hall–Kier alpha value is -1.53. The fraction of sp³-hybridized carbons (Fsp3) is 0.692. The Kier molecular flexibility index (Phi) is 4.06. The number of alkyl halides is 3. The summed E-state index contributed by atoms with van der Waals surface area (Å²) in [5.41, 5.74) is -0.758. The lowest BCUT2D eigenvalue weighted by Gasteiger charge is -2.38. The van der Waals surface area contributed by atoms with Crippen molar-refractivity contribution in [2.24, 2.45) is 5.41 Å². The van der Waals surface area contributed by atoms with E-state index in [0.29, 0.717) is 13.1 Å². The first-order chi connectivity index (χ1) is 9.32. The Morgan fingerprint density at radius 3 is 2.45 bits per heavy atom. The third kappa shape index (κ3) is 3.52. The smallest absolute Gasteiger partial charge is 0.369 e. The van der Waals surface area contributed by atoms with Crippen molar-refractivity contribution in [2.45, 2.75) is 39.3 Å². The van der Waals surface area contributed by atoms with Gasteiger partial charge in [-0.05, 0) is 25.2 Å². The van der Waals surface area contributed by atoms with E-state index in [4.69, 9.17) is 0 Å². The van der Waals surface area contributed by atoms with Crippen LogP contribution in [0.2, 0.25) is 0 Å². The Morgan fingerprint density at radius 1 is 1.25 bits per heavy atom. The zero-order chi connectivity index (χ0) is 14.8. The van der Waals surface area contributed by atoms with Crippen molar-refractivity contribution >= 4 is 11.8 Å². The van der Waals surface area contributed by atoms with Gasteiger partial charge < -0.3 is 10.6 Å². The molecule has 1 saturated carbocycles. The molecule has 1 aromatic rings. The van der Waals surface area contributed by atoms with E-state index in [1.807, 2.05) is 0 Å². The van der Waals surface area contributed by atoms with Crippen LogP contribution < -0.4 is 10.6 Å². The predicted molar refractivity (Wildman–Crippen MR) is 71.6 cm³/mol. The van der Waals surface area contributed by atoms with Crippen LogP contribution in [0.3, 0.4) is 0 Å². The average Bonchev–Trinajstić information content (AvgIpc) is 2.33. The van der Waals surface area contributed by atoms with Crippen molar-refractivity contribution < 1.29 is 13.2 Å². The summed E-state index contributed by atoms with van der Waals surface area (Å²) >= 11 is 0. The molecule has 1 fully saturated rings. The molecule has 0 amide bonds. The van der Waals surface area contributed by atoms with Crippen LogP contribution in [0.1, 0.15) is 38.8 Å². The minimum absolute atomic E-state index is 0.00332. The summed E-state index contributed by atoms with van der Waals surface area (Å²) < 4.78 is 38.4. The van der Waals surface area contributed by atoms with E-state index >= 15 is 0 Å². The molecule has 2 rings (SSSR count). The van der Waals surface area contributed by atoms with Crippen LogP contribution >= 0.6 is 0 Å². The van der Waals surface area contributed by atoms with Gasteiger partial charge in [0.2, 0.25) is 5.95 Å². The van der Waals surface area contributed by atoms with Crippen molar-refractivity contribution in [2.75, 3.05) is 23.7 Å². The lowest BCUT2D eigenvalue weighted by molar-refractivity contribution is -0.141. The van der Waals surface area contributed by atoms with Gasteiger partial charge in [0, 0.05) is 19.2 Å². The Balaban J connectivity index is 2.15. The summed E-state index contributed by atoms with van der Waals surface area (Å²) in [6, 6.07) is 0.961. The quantitative estimate of drug-likeness (QED) is 0.870. The zero-order valence-corrected chi connectivity index (χ0v) is 11.6. The molecule has 0 bridgehead atoms. The van der Waals surface area contributed by atoms with Crippen molar-refractivity contribution in [1.82, 2.24) is 9.97 Å². The van der Waals surface area contributed by atoms with Gasteiger partial charge in [0.05, 0.1) is 0 Å². The maximum Gasteiger partial charge on any atom is 0.433 e. The molecule has 0 spiro atoms. The van der Waals surface area contributed by atoms with E-state index in [9.17, 15) is 13.2 Å². The van der Waals surface area contributed by atoms with Crippen LogP contribution in [0, 0.1) is 5.41 Å². The van der Waals surface area contributed by atoms with Crippen LogP contribution in [0.15, 0.2) is 6.07 Å². The van der Waals surface area contributed by atoms with Gasteiger partial charge in [0.25, 0.3) is 0 Å². The van der Waals surface area contributed by atoms with E-state index in [-0.39, 0.29) is 17.2 Å². The van der Waals surface area contributed by atoms with E-state index in [1.165, 1.54) is 6.42 Å². The maximum absolute atomic E-state index is 12.8. The minimum Gasteiger partial charge on any atom is -0.369 e. The number of rotatable bonds is 5. The molecule has 4 nitrogen and oxygen atoms in total. The van der Waals surface area contributed by atoms with E-state index in [2.05, 4.69) is 27.5 Å². The lowest BCUT2D eigenvalue weighted by Crippen LogP contribution is -2.33. The summed E-state index contributed by atoms with van der Waals surface area (Å²) in [6.07, 6.45) is -1.10. The molecule has 20 heavy (non-hydrogen) atoms. The normalized spacial score (nSPS) is 17.4. The summed E-state index contributed by atoms with van der Waals surface area (Å²) in [5.74, 6) is 0.222. The van der Waals surface area contributed by atoms with Gasteiger partial charge >= 0.3 is 6.18 Å². The van der Waals surface area contributed by atoms with Gasteiger partial charge in [-0.1, -0.05) is 13.3 Å². The molecule has 7 heteroatoms. The van der Waals surface area contributed by atoms with Crippen molar-refractivity contribution in [3.05, 3.63) is 11.8 Å². The van der Waals surface area contributed by atoms with Crippen LogP contribution in [0.5, 0.6) is 0 Å². The first-order valence-corrected chi connectivity index (χ1v) is 6.76. The summed E-state index contributed by atoms with van der Waals surface area (Å²) in [4.78, 5) is 7.55. The monoisotopic (exact) mass is 288 g/mol. The molecule has 1 aliphatic rings. The van der Waals surface area contributed by atoms with Gasteiger partial charge in [0.1, 0.15) is 5.82 Å². The molecule has 0 aromatic carbocycles. The first-order valence-electron chi connectivity index (χ1n) is 6.76. The number of halogens is 3. The van der Waals surface area contributed by atoms with Gasteiger partial charge in [0.15, 0.2) is 5.69 Å². The molecular weight excluding hydrogens is 269 g/mol. The Labute approximate surface area is 116 Å². The predicted octanol–water partition coefficient (Wildman–Crippen LogP) is 3.53. The SMILES string of the molecule is CCNc1nc(NCC2(C)CCC2)cc(C(F)(F)F)n1. The van der Waals surface area contributed by atoms with Crippen LogP contribution in [-0.2, 0) is 6.18 Å². The van der Waals surface area contributed by atoms with Gasteiger partial charge in [-0.25, -0.2) is 4.98 Å². The van der Waals surface area contributed by atoms with E-state index < -0.39 is 11.9 Å². The molecule has 112 valence electrons. The summed E-state index contributed by atoms with van der Waals surface area (Å²) in [5, 5.41) is 5.73. The molecule has 1 aliphatic carbocycles. The second-order valence-corrected chi connectivity index (χ2v) is 5.51. The van der Waals surface area contributed by atoms with E-state index in [0.717, 1.165) is 18.9 Å². The van der Waals surface area contributed by atoms with E-state index in [1.54, 1.807) is 6.92 Å². The topological polar surface area (TPSA) is 49.8 Å². The minimum atomic E-state index is -4.47. The zero-order valence-electron chi connectivity index (χ0n) is 11.6. The highest BCUT2D eigenvalue weighted by Crippen LogP contribution is 2.40. The number of hydrogen-bond acceptors (Lipinski definition) is 4. The third-order valence-electron chi connectivity index (χ3n) is 3.61. The molecule has 0 unspecified atom stereocenters. The molecule has 0 radical (unpaired) electrons. The lowest BCUT2D eigenvalue weighted by atomic mass is 9.70. The molecule has 1 heterocycles. The number of nitrogens with zero attached hydrogens (tertiary/aromatic N) is 2. The molecule has 0 saturated heterocycles. The Bertz CT molecular complexity index is 469. The number of nitrogens with one attached hydrogen (secondary N) is 2. The second-order valence-electron chi connectivity index (χ2n) is 5.51. The summed E-state index contributed by atoms with van der Waals surface area (Å²) in [6.45, 7) is 5.01. The highest BCUT2D eigenvalue weighted by Gasteiger charge is 2.34. The number of hydrogen-bond donors (Lipinski definition) is 2. The maximum atomic E-state index is 12.8. The fourth-order valence-corrected chi connectivity index (χ4v) is 2.18. The number of aromatic nitrogens is 2. The van der Waals surface area contributed by atoms with Gasteiger partial charge in [-0.2, -0.15) is 18.2 Å².